The molecule has 1 fully saturated rings. The van der Waals surface area contributed by atoms with E-state index in [1.54, 1.807) is 0 Å². The Labute approximate surface area is 144 Å². The molecule has 3 nitrogen and oxygen atoms in total. The van der Waals surface area contributed by atoms with Crippen LogP contribution in [-0.2, 0) is 11.2 Å². The summed E-state index contributed by atoms with van der Waals surface area (Å²) in [6.45, 7) is 5.80. The Kier molecular flexibility index (Phi) is 4.72. The fourth-order valence-electron chi connectivity index (χ4n) is 3.32. The van der Waals surface area contributed by atoms with Gasteiger partial charge in [-0.3, -0.25) is 4.79 Å². The first kappa shape index (κ1) is 16.7. The second-order valence-electron chi connectivity index (χ2n) is 7.44. The lowest BCUT2D eigenvalue weighted by atomic mass is 9.79. The molecular formula is C21H26N2O. The maximum atomic E-state index is 12.6. The first-order chi connectivity index (χ1) is 11.5. The first-order valence-electron chi connectivity index (χ1n) is 8.63. The molecule has 3 rings (SSSR count). The third-order valence-corrected chi connectivity index (χ3v) is 5.08. The summed E-state index contributed by atoms with van der Waals surface area (Å²) in [7, 11) is 0. The lowest BCUT2D eigenvalue weighted by Crippen LogP contribution is -2.54. The number of amides is 1. The average Bonchev–Trinajstić information content (AvgIpc) is 2.58. The van der Waals surface area contributed by atoms with E-state index in [9.17, 15) is 4.79 Å². The summed E-state index contributed by atoms with van der Waals surface area (Å²) in [5.74, 6) is 0.197. The summed E-state index contributed by atoms with van der Waals surface area (Å²) in [5, 5.41) is 0. The summed E-state index contributed by atoms with van der Waals surface area (Å²) in [4.78, 5) is 14.6. The number of benzene rings is 2. The number of rotatable bonds is 3. The predicted molar refractivity (Wildman–Crippen MR) is 98.5 cm³/mol. The van der Waals surface area contributed by atoms with Crippen LogP contribution in [0.2, 0.25) is 0 Å². The largest absolute Gasteiger partial charge is 0.342 e. The summed E-state index contributed by atoms with van der Waals surface area (Å²) in [6.07, 6.45) is 1.34. The van der Waals surface area contributed by atoms with Gasteiger partial charge in [0.1, 0.15) is 0 Å². The molecule has 1 unspecified atom stereocenters. The number of nitrogens with zero attached hydrogens (tertiary/aromatic N) is 1. The molecule has 1 amide bonds. The van der Waals surface area contributed by atoms with E-state index >= 15 is 0 Å². The third kappa shape index (κ3) is 3.68. The zero-order valence-electron chi connectivity index (χ0n) is 14.5. The van der Waals surface area contributed by atoms with E-state index in [0.717, 1.165) is 25.1 Å². The van der Waals surface area contributed by atoms with Crippen LogP contribution in [-0.4, -0.2) is 29.9 Å². The molecule has 0 spiro atoms. The molecule has 1 aliphatic rings. The first-order valence-corrected chi connectivity index (χ1v) is 8.63. The van der Waals surface area contributed by atoms with Gasteiger partial charge in [0.25, 0.3) is 0 Å². The Bertz CT molecular complexity index is 692. The third-order valence-electron chi connectivity index (χ3n) is 5.08. The van der Waals surface area contributed by atoms with Crippen molar-refractivity contribution in [1.29, 1.82) is 0 Å². The van der Waals surface area contributed by atoms with E-state index in [0.29, 0.717) is 6.42 Å². The monoisotopic (exact) mass is 322 g/mol. The second kappa shape index (κ2) is 6.78. The van der Waals surface area contributed by atoms with Crippen LogP contribution in [0.3, 0.4) is 0 Å². The molecule has 0 saturated carbocycles. The molecule has 1 atom stereocenters. The summed E-state index contributed by atoms with van der Waals surface area (Å²) in [5.41, 5.74) is 9.59. The van der Waals surface area contributed by atoms with Crippen LogP contribution in [0.1, 0.15) is 25.8 Å². The maximum Gasteiger partial charge on any atom is 0.227 e. The fraction of sp³-hybridized carbons (Fsp3) is 0.381. The van der Waals surface area contributed by atoms with Gasteiger partial charge < -0.3 is 10.6 Å². The minimum atomic E-state index is -0.00885. The molecule has 2 aromatic rings. The number of nitrogens with two attached hydrogens (primary N) is 1. The van der Waals surface area contributed by atoms with Crippen molar-refractivity contribution in [3.05, 3.63) is 60.2 Å². The molecule has 1 saturated heterocycles. The smallest absolute Gasteiger partial charge is 0.227 e. The Morgan fingerprint density at radius 3 is 2.33 bits per heavy atom. The topological polar surface area (TPSA) is 46.3 Å². The Hall–Kier alpha value is -2.13. The van der Waals surface area contributed by atoms with Gasteiger partial charge in [-0.05, 0) is 28.5 Å². The van der Waals surface area contributed by atoms with Crippen LogP contribution in [0.15, 0.2) is 54.6 Å². The number of carbonyl (C=O) groups is 1. The minimum Gasteiger partial charge on any atom is -0.342 e. The molecule has 126 valence electrons. The normalized spacial score (nSPS) is 20.0. The molecule has 0 aromatic heterocycles. The van der Waals surface area contributed by atoms with E-state index in [-0.39, 0.29) is 17.4 Å². The highest BCUT2D eigenvalue weighted by molar-refractivity contribution is 5.79. The molecule has 2 N–H and O–H groups in total. The standard InChI is InChI=1S/C21H26N2O/c1-21(2)15-23(13-12-19(21)22)20(24)14-16-8-10-18(11-9-16)17-6-4-3-5-7-17/h3-11,19H,12-15,22H2,1-2H3. The van der Waals surface area contributed by atoms with Crippen LogP contribution in [0.5, 0.6) is 0 Å². The van der Waals surface area contributed by atoms with Gasteiger partial charge in [-0.15, -0.1) is 0 Å². The van der Waals surface area contributed by atoms with Gasteiger partial charge in [0.15, 0.2) is 0 Å². The number of piperidine rings is 1. The molecule has 24 heavy (non-hydrogen) atoms. The number of hydrogen-bond donors (Lipinski definition) is 1. The van der Waals surface area contributed by atoms with Gasteiger partial charge in [-0.25, -0.2) is 0 Å². The minimum absolute atomic E-state index is 0.00885. The van der Waals surface area contributed by atoms with Gasteiger partial charge in [0.2, 0.25) is 5.91 Å². The SMILES string of the molecule is CC1(C)CN(C(=O)Cc2ccc(-c3ccccc3)cc2)CCC1N. The second-order valence-corrected chi connectivity index (χ2v) is 7.44. The van der Waals surface area contributed by atoms with Crippen LogP contribution in [0.4, 0.5) is 0 Å². The lowest BCUT2D eigenvalue weighted by Gasteiger charge is -2.42. The van der Waals surface area contributed by atoms with E-state index in [2.05, 4.69) is 50.2 Å². The maximum absolute atomic E-state index is 12.6. The van der Waals surface area contributed by atoms with Crippen molar-refractivity contribution < 1.29 is 4.79 Å². The van der Waals surface area contributed by atoms with E-state index in [4.69, 9.17) is 5.73 Å². The van der Waals surface area contributed by atoms with Gasteiger partial charge in [0.05, 0.1) is 6.42 Å². The van der Waals surface area contributed by atoms with Crippen molar-refractivity contribution in [1.82, 2.24) is 4.90 Å². The van der Waals surface area contributed by atoms with Crippen LogP contribution < -0.4 is 5.73 Å². The van der Waals surface area contributed by atoms with Gasteiger partial charge in [-0.1, -0.05) is 68.4 Å². The predicted octanol–water partition coefficient (Wildman–Crippen LogP) is 3.48. The van der Waals surface area contributed by atoms with Crippen molar-refractivity contribution in [2.75, 3.05) is 13.1 Å². The van der Waals surface area contributed by atoms with Gasteiger partial charge >= 0.3 is 0 Å². The lowest BCUT2D eigenvalue weighted by molar-refractivity contribution is -0.133. The van der Waals surface area contributed by atoms with Crippen molar-refractivity contribution >= 4 is 5.91 Å². The molecule has 1 aliphatic heterocycles. The molecular weight excluding hydrogens is 296 g/mol. The summed E-state index contributed by atoms with van der Waals surface area (Å²) in [6, 6.07) is 18.8. The van der Waals surface area contributed by atoms with E-state index in [1.807, 2.05) is 23.1 Å². The molecule has 0 bridgehead atoms. The van der Waals surface area contributed by atoms with Crippen molar-refractivity contribution in [3.8, 4) is 11.1 Å². The zero-order chi connectivity index (χ0) is 17.2. The molecule has 0 aliphatic carbocycles. The van der Waals surface area contributed by atoms with E-state index < -0.39 is 0 Å². The molecule has 1 heterocycles. The Balaban J connectivity index is 1.65. The highest BCUT2D eigenvalue weighted by Gasteiger charge is 2.35. The zero-order valence-corrected chi connectivity index (χ0v) is 14.5. The average molecular weight is 322 g/mol. The molecule has 2 aromatic carbocycles. The van der Waals surface area contributed by atoms with Crippen molar-refractivity contribution in [3.63, 3.8) is 0 Å². The van der Waals surface area contributed by atoms with Crippen molar-refractivity contribution in [2.24, 2.45) is 11.1 Å². The van der Waals surface area contributed by atoms with Gasteiger partial charge in [0, 0.05) is 19.1 Å². The molecule has 0 radical (unpaired) electrons. The number of carbonyl (C=O) groups excluding carboxylic acids is 1. The summed E-state index contributed by atoms with van der Waals surface area (Å²) >= 11 is 0. The summed E-state index contributed by atoms with van der Waals surface area (Å²) < 4.78 is 0. The Morgan fingerprint density at radius 2 is 1.71 bits per heavy atom. The Morgan fingerprint density at radius 1 is 1.08 bits per heavy atom. The highest BCUT2D eigenvalue weighted by Crippen LogP contribution is 2.28. The van der Waals surface area contributed by atoms with E-state index in [1.165, 1.54) is 11.1 Å². The van der Waals surface area contributed by atoms with Crippen LogP contribution in [0, 0.1) is 5.41 Å². The fourth-order valence-corrected chi connectivity index (χ4v) is 3.32. The number of likely N-dealkylation sites (tertiary alicyclic amines) is 1. The van der Waals surface area contributed by atoms with Crippen LogP contribution >= 0.6 is 0 Å². The number of hydrogen-bond acceptors (Lipinski definition) is 2. The van der Waals surface area contributed by atoms with Crippen LogP contribution in [0.25, 0.3) is 11.1 Å². The quantitative estimate of drug-likeness (QED) is 0.940. The highest BCUT2D eigenvalue weighted by atomic mass is 16.2. The van der Waals surface area contributed by atoms with Gasteiger partial charge in [-0.2, -0.15) is 0 Å². The molecule has 3 heteroatoms. The van der Waals surface area contributed by atoms with Crippen molar-refractivity contribution in [2.45, 2.75) is 32.7 Å².